The standard InChI is InChI=1S/C14H16F2N2S/c1-4-12-8(2)19-14(18-12)13(17-3)9-5-6-10(15)11(16)7-9/h5-7,13,17H,4H2,1-3H3. The van der Waals surface area contributed by atoms with Gasteiger partial charge in [0.25, 0.3) is 0 Å². The van der Waals surface area contributed by atoms with Crippen molar-refractivity contribution in [2.75, 3.05) is 7.05 Å². The van der Waals surface area contributed by atoms with Crippen molar-refractivity contribution in [3.63, 3.8) is 0 Å². The number of nitrogens with one attached hydrogen (secondary N) is 1. The summed E-state index contributed by atoms with van der Waals surface area (Å²) in [5, 5.41) is 3.98. The summed E-state index contributed by atoms with van der Waals surface area (Å²) in [6.45, 7) is 4.08. The van der Waals surface area contributed by atoms with Crippen LogP contribution in [0.5, 0.6) is 0 Å². The van der Waals surface area contributed by atoms with E-state index in [9.17, 15) is 8.78 Å². The Balaban J connectivity index is 2.40. The highest BCUT2D eigenvalue weighted by atomic mass is 32.1. The quantitative estimate of drug-likeness (QED) is 0.926. The van der Waals surface area contributed by atoms with Gasteiger partial charge >= 0.3 is 0 Å². The third-order valence-electron chi connectivity index (χ3n) is 3.06. The summed E-state index contributed by atoms with van der Waals surface area (Å²) in [6.07, 6.45) is 0.872. The number of rotatable bonds is 4. The van der Waals surface area contributed by atoms with E-state index in [-0.39, 0.29) is 6.04 Å². The first-order valence-corrected chi connectivity index (χ1v) is 6.96. The van der Waals surface area contributed by atoms with Gasteiger partial charge in [0.15, 0.2) is 11.6 Å². The maximum atomic E-state index is 13.3. The molecule has 5 heteroatoms. The van der Waals surface area contributed by atoms with E-state index in [1.165, 1.54) is 10.9 Å². The molecule has 2 nitrogen and oxygen atoms in total. The molecule has 1 aromatic heterocycles. The molecule has 0 saturated carbocycles. The number of hydrogen-bond acceptors (Lipinski definition) is 3. The second-order valence-corrected chi connectivity index (χ2v) is 5.54. The van der Waals surface area contributed by atoms with Gasteiger partial charge in [-0.25, -0.2) is 13.8 Å². The van der Waals surface area contributed by atoms with E-state index in [0.717, 1.165) is 23.2 Å². The largest absolute Gasteiger partial charge is 0.307 e. The summed E-state index contributed by atoms with van der Waals surface area (Å²) in [5.41, 5.74) is 1.74. The molecule has 0 aliphatic carbocycles. The number of aromatic nitrogens is 1. The number of nitrogens with zero attached hydrogens (tertiary/aromatic N) is 1. The zero-order valence-corrected chi connectivity index (χ0v) is 11.9. The lowest BCUT2D eigenvalue weighted by Gasteiger charge is -2.14. The fourth-order valence-electron chi connectivity index (χ4n) is 2.03. The number of thiazole rings is 1. The lowest BCUT2D eigenvalue weighted by atomic mass is 10.1. The minimum absolute atomic E-state index is 0.209. The van der Waals surface area contributed by atoms with Crippen LogP contribution in [0.25, 0.3) is 0 Å². The maximum Gasteiger partial charge on any atom is 0.159 e. The smallest absolute Gasteiger partial charge is 0.159 e. The first kappa shape index (κ1) is 14.1. The fourth-order valence-corrected chi connectivity index (χ4v) is 3.18. The third-order valence-corrected chi connectivity index (χ3v) is 4.13. The van der Waals surface area contributed by atoms with Crippen LogP contribution in [-0.4, -0.2) is 12.0 Å². The van der Waals surface area contributed by atoms with Gasteiger partial charge in [-0.3, -0.25) is 0 Å². The predicted octanol–water partition coefficient (Wildman–Crippen LogP) is 3.60. The molecule has 0 radical (unpaired) electrons. The molecule has 1 N–H and O–H groups in total. The van der Waals surface area contributed by atoms with Crippen LogP contribution in [0.2, 0.25) is 0 Å². The highest BCUT2D eigenvalue weighted by molar-refractivity contribution is 7.11. The van der Waals surface area contributed by atoms with E-state index in [1.54, 1.807) is 24.5 Å². The van der Waals surface area contributed by atoms with Gasteiger partial charge in [0.1, 0.15) is 5.01 Å². The summed E-state index contributed by atoms with van der Waals surface area (Å²) in [6, 6.07) is 3.75. The Labute approximate surface area is 115 Å². The Morgan fingerprint density at radius 3 is 2.58 bits per heavy atom. The lowest BCUT2D eigenvalue weighted by molar-refractivity contribution is 0.505. The SMILES string of the molecule is CCc1nc(C(NC)c2ccc(F)c(F)c2)sc1C. The molecule has 0 bridgehead atoms. The van der Waals surface area contributed by atoms with Crippen LogP contribution in [0, 0.1) is 18.6 Å². The number of benzene rings is 1. The average molecular weight is 282 g/mol. The third kappa shape index (κ3) is 2.82. The van der Waals surface area contributed by atoms with Crippen molar-refractivity contribution < 1.29 is 8.78 Å². The van der Waals surface area contributed by atoms with Crippen molar-refractivity contribution in [3.05, 3.63) is 51.0 Å². The molecule has 0 aliphatic heterocycles. The van der Waals surface area contributed by atoms with E-state index in [4.69, 9.17) is 0 Å². The van der Waals surface area contributed by atoms with Crippen LogP contribution in [0.1, 0.15) is 34.1 Å². The first-order valence-electron chi connectivity index (χ1n) is 6.15. The van der Waals surface area contributed by atoms with Crippen LogP contribution in [0.3, 0.4) is 0 Å². The molecular formula is C14H16F2N2S. The molecule has 1 unspecified atom stereocenters. The van der Waals surface area contributed by atoms with Crippen molar-refractivity contribution >= 4 is 11.3 Å². The molecule has 0 saturated heterocycles. The Hall–Kier alpha value is -1.33. The normalized spacial score (nSPS) is 12.7. The number of aryl methyl sites for hydroxylation is 2. The number of hydrogen-bond donors (Lipinski definition) is 1. The maximum absolute atomic E-state index is 13.3. The zero-order valence-electron chi connectivity index (χ0n) is 11.1. The molecule has 0 amide bonds. The van der Waals surface area contributed by atoms with Gasteiger partial charge in [0.05, 0.1) is 11.7 Å². The van der Waals surface area contributed by atoms with Gasteiger partial charge < -0.3 is 5.32 Å². The van der Waals surface area contributed by atoms with Crippen molar-refractivity contribution in [1.82, 2.24) is 10.3 Å². The van der Waals surface area contributed by atoms with Crippen LogP contribution in [-0.2, 0) is 6.42 Å². The zero-order chi connectivity index (χ0) is 14.0. The highest BCUT2D eigenvalue weighted by Gasteiger charge is 2.19. The van der Waals surface area contributed by atoms with Crippen LogP contribution >= 0.6 is 11.3 Å². The van der Waals surface area contributed by atoms with E-state index in [0.29, 0.717) is 5.56 Å². The van der Waals surface area contributed by atoms with Gasteiger partial charge in [-0.15, -0.1) is 11.3 Å². The van der Waals surface area contributed by atoms with Crippen molar-refractivity contribution in [3.8, 4) is 0 Å². The molecule has 1 atom stereocenters. The van der Waals surface area contributed by atoms with E-state index in [2.05, 4.69) is 17.2 Å². The van der Waals surface area contributed by atoms with E-state index < -0.39 is 11.6 Å². The topological polar surface area (TPSA) is 24.9 Å². The van der Waals surface area contributed by atoms with Gasteiger partial charge in [0.2, 0.25) is 0 Å². The summed E-state index contributed by atoms with van der Waals surface area (Å²) in [7, 11) is 1.79. The summed E-state index contributed by atoms with van der Waals surface area (Å²) >= 11 is 1.59. The predicted molar refractivity (Wildman–Crippen MR) is 73.5 cm³/mol. The molecule has 0 spiro atoms. The van der Waals surface area contributed by atoms with Crippen molar-refractivity contribution in [1.29, 1.82) is 0 Å². The fraction of sp³-hybridized carbons (Fsp3) is 0.357. The molecule has 0 fully saturated rings. The Morgan fingerprint density at radius 2 is 2.05 bits per heavy atom. The molecule has 0 aliphatic rings. The Kier molecular flexibility index (Phi) is 4.27. The van der Waals surface area contributed by atoms with Crippen molar-refractivity contribution in [2.45, 2.75) is 26.3 Å². The van der Waals surface area contributed by atoms with Gasteiger partial charge in [-0.2, -0.15) is 0 Å². The summed E-state index contributed by atoms with van der Waals surface area (Å²) < 4.78 is 26.3. The molecule has 102 valence electrons. The van der Waals surface area contributed by atoms with Crippen molar-refractivity contribution in [2.24, 2.45) is 0 Å². The minimum atomic E-state index is -0.832. The first-order chi connectivity index (χ1) is 9.06. The molecule has 2 aromatic rings. The Bertz CT molecular complexity index is 581. The minimum Gasteiger partial charge on any atom is -0.307 e. The second-order valence-electron chi connectivity index (χ2n) is 4.30. The average Bonchev–Trinajstić information content (AvgIpc) is 2.75. The van der Waals surface area contributed by atoms with E-state index in [1.807, 2.05) is 6.92 Å². The number of halogens is 2. The molecule has 2 rings (SSSR count). The van der Waals surface area contributed by atoms with Crippen LogP contribution in [0.15, 0.2) is 18.2 Å². The molecule has 1 heterocycles. The van der Waals surface area contributed by atoms with Crippen LogP contribution < -0.4 is 5.32 Å². The van der Waals surface area contributed by atoms with E-state index >= 15 is 0 Å². The summed E-state index contributed by atoms with van der Waals surface area (Å²) in [4.78, 5) is 5.73. The van der Waals surface area contributed by atoms with Crippen LogP contribution in [0.4, 0.5) is 8.78 Å². The van der Waals surface area contributed by atoms with Gasteiger partial charge in [-0.05, 0) is 38.1 Å². The second kappa shape index (κ2) is 5.75. The molecule has 1 aromatic carbocycles. The monoisotopic (exact) mass is 282 g/mol. The van der Waals surface area contributed by atoms with Gasteiger partial charge in [-0.1, -0.05) is 13.0 Å². The lowest BCUT2D eigenvalue weighted by Crippen LogP contribution is -2.17. The molecule has 19 heavy (non-hydrogen) atoms. The summed E-state index contributed by atoms with van der Waals surface area (Å²) in [5.74, 6) is -1.66. The van der Waals surface area contributed by atoms with Gasteiger partial charge in [0, 0.05) is 4.88 Å². The highest BCUT2D eigenvalue weighted by Crippen LogP contribution is 2.28. The Morgan fingerprint density at radius 1 is 1.32 bits per heavy atom. The molecular weight excluding hydrogens is 266 g/mol.